The average molecular weight is 247 g/mol. The second-order valence-electron chi connectivity index (χ2n) is 4.64. The zero-order valence-electron chi connectivity index (χ0n) is 10.3. The van der Waals surface area contributed by atoms with E-state index in [4.69, 9.17) is 0 Å². The molecule has 92 valence electrons. The van der Waals surface area contributed by atoms with E-state index in [0.29, 0.717) is 0 Å². The fourth-order valence-corrected chi connectivity index (χ4v) is 2.54. The maximum absolute atomic E-state index is 3.42. The van der Waals surface area contributed by atoms with Crippen LogP contribution in [0.5, 0.6) is 0 Å². The molecule has 0 saturated heterocycles. The summed E-state index contributed by atoms with van der Waals surface area (Å²) in [4.78, 5) is 0. The lowest BCUT2D eigenvalue weighted by atomic mass is 10.1. The number of para-hydroxylation sites is 1. The van der Waals surface area contributed by atoms with Crippen molar-refractivity contribution in [3.8, 4) is 11.3 Å². The summed E-state index contributed by atoms with van der Waals surface area (Å²) in [6.07, 6.45) is 0. The smallest absolute Gasteiger partial charge is 0.132 e. The van der Waals surface area contributed by atoms with Crippen LogP contribution in [-0.2, 0) is 0 Å². The van der Waals surface area contributed by atoms with E-state index in [1.165, 1.54) is 16.3 Å². The largest absolute Gasteiger partial charge is 0.340 e. The van der Waals surface area contributed by atoms with E-state index in [2.05, 4.69) is 58.0 Å². The molecule has 1 heterocycles. The third kappa shape index (κ3) is 1.59. The molecule has 0 aromatic heterocycles. The molecule has 19 heavy (non-hydrogen) atoms. The maximum atomic E-state index is 3.42. The standard InChI is InChI=1S/C16H13N3/c1-2-7-12(8-3-1)17-16-15-13-9-5-4-6-11(13)10-14(15)18-19-16/h1-10,17-19H. The molecule has 0 fully saturated rings. The highest BCUT2D eigenvalue weighted by atomic mass is 15.2. The second-order valence-corrected chi connectivity index (χ2v) is 4.64. The van der Waals surface area contributed by atoms with Crippen LogP contribution in [0.4, 0.5) is 11.5 Å². The molecule has 0 unspecified atom stereocenters. The molecule has 3 heteroatoms. The highest BCUT2D eigenvalue weighted by Gasteiger charge is 2.16. The van der Waals surface area contributed by atoms with Gasteiger partial charge in [-0.2, -0.15) is 0 Å². The van der Waals surface area contributed by atoms with Gasteiger partial charge in [-0.25, -0.2) is 0 Å². The van der Waals surface area contributed by atoms with Gasteiger partial charge < -0.3 is 5.32 Å². The molecule has 1 aliphatic heterocycles. The first kappa shape index (κ1) is 10.3. The summed E-state index contributed by atoms with van der Waals surface area (Å²) in [5.41, 5.74) is 3.41. The number of fused-ring (bicyclic) bond motifs is 3. The first-order valence-corrected chi connectivity index (χ1v) is 6.32. The predicted octanol–water partition coefficient (Wildman–Crippen LogP) is 4.34. The quantitative estimate of drug-likeness (QED) is 0.484. The number of H-pyrrole nitrogens is 2. The number of aromatic nitrogens is 2. The molecule has 0 saturated carbocycles. The molecule has 0 atom stereocenters. The SMILES string of the molecule is c1ccc(Nc2[nH][nH]c3cc4ccccc4c2-3)cc1. The Hall–Kier alpha value is -2.68. The minimum absolute atomic E-state index is 1.00. The molecule has 0 spiro atoms. The molecule has 2 aromatic rings. The van der Waals surface area contributed by atoms with Crippen LogP contribution in [0.3, 0.4) is 0 Å². The molecular weight excluding hydrogens is 234 g/mol. The van der Waals surface area contributed by atoms with Crippen molar-refractivity contribution in [1.29, 1.82) is 0 Å². The lowest BCUT2D eigenvalue weighted by Crippen LogP contribution is -1.90. The third-order valence-corrected chi connectivity index (χ3v) is 3.41. The van der Waals surface area contributed by atoms with E-state index in [0.717, 1.165) is 17.2 Å². The summed E-state index contributed by atoms with van der Waals surface area (Å²) in [5, 5.41) is 12.3. The Morgan fingerprint density at radius 3 is 2.47 bits per heavy atom. The number of benzene rings is 2. The van der Waals surface area contributed by atoms with Crippen molar-refractivity contribution in [3.05, 3.63) is 60.7 Å². The number of hydrogen-bond acceptors (Lipinski definition) is 1. The van der Waals surface area contributed by atoms with E-state index < -0.39 is 0 Å². The van der Waals surface area contributed by atoms with E-state index in [9.17, 15) is 0 Å². The predicted molar refractivity (Wildman–Crippen MR) is 79.0 cm³/mol. The van der Waals surface area contributed by atoms with E-state index in [1.807, 2.05) is 18.2 Å². The average Bonchev–Trinajstić information content (AvgIpc) is 3.00. The van der Waals surface area contributed by atoms with Gasteiger partial charge in [0.05, 0.1) is 5.69 Å². The fourth-order valence-electron chi connectivity index (χ4n) is 2.54. The lowest BCUT2D eigenvalue weighted by Gasteiger charge is -2.04. The molecule has 2 aromatic carbocycles. The van der Waals surface area contributed by atoms with Crippen molar-refractivity contribution in [1.82, 2.24) is 10.2 Å². The number of aromatic amines is 2. The molecule has 0 radical (unpaired) electrons. The summed E-state index contributed by atoms with van der Waals surface area (Å²) in [6.45, 7) is 0. The summed E-state index contributed by atoms with van der Waals surface area (Å²) in [5.74, 6) is 1.00. The van der Waals surface area contributed by atoms with Gasteiger partial charge in [-0.15, -0.1) is 0 Å². The van der Waals surface area contributed by atoms with Crippen LogP contribution in [0.25, 0.3) is 22.0 Å². The highest BCUT2D eigenvalue weighted by Crippen LogP contribution is 2.38. The summed E-state index contributed by atoms with van der Waals surface area (Å²) < 4.78 is 0. The normalized spacial score (nSPS) is 11.2. The van der Waals surface area contributed by atoms with Crippen LogP contribution < -0.4 is 5.32 Å². The van der Waals surface area contributed by atoms with Gasteiger partial charge >= 0.3 is 0 Å². The number of anilines is 2. The van der Waals surface area contributed by atoms with Crippen molar-refractivity contribution in [3.63, 3.8) is 0 Å². The minimum Gasteiger partial charge on any atom is -0.340 e. The van der Waals surface area contributed by atoms with Gasteiger partial charge in [0.1, 0.15) is 5.82 Å². The van der Waals surface area contributed by atoms with Crippen molar-refractivity contribution in [2.45, 2.75) is 0 Å². The maximum Gasteiger partial charge on any atom is 0.132 e. The van der Waals surface area contributed by atoms with Gasteiger partial charge in [0.2, 0.25) is 0 Å². The van der Waals surface area contributed by atoms with Gasteiger partial charge in [-0.1, -0.05) is 42.5 Å². The molecule has 0 bridgehead atoms. The Bertz CT molecular complexity index is 795. The lowest BCUT2D eigenvalue weighted by molar-refractivity contribution is 1.10. The first-order chi connectivity index (χ1) is 9.42. The van der Waals surface area contributed by atoms with Crippen LogP contribution >= 0.6 is 0 Å². The van der Waals surface area contributed by atoms with Crippen LogP contribution in [0.1, 0.15) is 0 Å². The van der Waals surface area contributed by atoms with E-state index in [1.54, 1.807) is 0 Å². The fraction of sp³-hybridized carbons (Fsp3) is 0. The Kier molecular flexibility index (Phi) is 2.12. The summed E-state index contributed by atoms with van der Waals surface area (Å²) in [6, 6.07) is 20.7. The van der Waals surface area contributed by atoms with Gasteiger partial charge in [-0.3, -0.25) is 10.2 Å². The van der Waals surface area contributed by atoms with Crippen LogP contribution in [0, 0.1) is 0 Å². The topological polar surface area (TPSA) is 43.6 Å². The Morgan fingerprint density at radius 2 is 1.58 bits per heavy atom. The van der Waals surface area contributed by atoms with Crippen molar-refractivity contribution in [2.75, 3.05) is 5.32 Å². The first-order valence-electron chi connectivity index (χ1n) is 6.32. The minimum atomic E-state index is 1.00. The monoisotopic (exact) mass is 247 g/mol. The van der Waals surface area contributed by atoms with Crippen LogP contribution in [0.15, 0.2) is 60.7 Å². The van der Waals surface area contributed by atoms with E-state index in [-0.39, 0.29) is 0 Å². The van der Waals surface area contributed by atoms with Crippen molar-refractivity contribution >= 4 is 22.3 Å². The van der Waals surface area contributed by atoms with E-state index >= 15 is 0 Å². The van der Waals surface area contributed by atoms with Crippen LogP contribution in [0.2, 0.25) is 0 Å². The van der Waals surface area contributed by atoms with Gasteiger partial charge in [-0.05, 0) is 29.0 Å². The zero-order chi connectivity index (χ0) is 12.7. The molecule has 0 amide bonds. The molecule has 2 aliphatic rings. The highest BCUT2D eigenvalue weighted by molar-refractivity contribution is 6.05. The zero-order valence-corrected chi connectivity index (χ0v) is 10.3. The van der Waals surface area contributed by atoms with Crippen molar-refractivity contribution in [2.24, 2.45) is 0 Å². The Balaban J connectivity index is 1.86. The molecular formula is C16H13N3. The number of rotatable bonds is 2. The number of nitrogens with one attached hydrogen (secondary N) is 3. The molecule has 1 aliphatic carbocycles. The summed E-state index contributed by atoms with van der Waals surface area (Å²) >= 11 is 0. The third-order valence-electron chi connectivity index (χ3n) is 3.41. The van der Waals surface area contributed by atoms with Crippen LogP contribution in [-0.4, -0.2) is 10.2 Å². The second kappa shape index (κ2) is 3.92. The molecule has 4 rings (SSSR count). The van der Waals surface area contributed by atoms with Gasteiger partial charge in [0.25, 0.3) is 0 Å². The molecule has 3 nitrogen and oxygen atoms in total. The summed E-state index contributed by atoms with van der Waals surface area (Å²) in [7, 11) is 0. The van der Waals surface area contributed by atoms with Crippen molar-refractivity contribution < 1.29 is 0 Å². The Morgan fingerprint density at radius 1 is 0.789 bits per heavy atom. The number of hydrogen-bond donors (Lipinski definition) is 3. The Labute approximate surface area is 110 Å². The molecule has 3 N–H and O–H groups in total. The van der Waals surface area contributed by atoms with Gasteiger partial charge in [0.15, 0.2) is 0 Å². The van der Waals surface area contributed by atoms with Gasteiger partial charge in [0, 0.05) is 11.3 Å².